The van der Waals surface area contributed by atoms with Gasteiger partial charge in [0.15, 0.2) is 9.84 Å². The van der Waals surface area contributed by atoms with E-state index in [0.29, 0.717) is 6.42 Å². The highest BCUT2D eigenvalue weighted by molar-refractivity contribution is 7.91. The highest BCUT2D eigenvalue weighted by Crippen LogP contribution is 2.23. The molecule has 1 heterocycles. The van der Waals surface area contributed by atoms with Crippen LogP contribution in [0.4, 0.5) is 0 Å². The summed E-state index contributed by atoms with van der Waals surface area (Å²) in [5, 5.41) is 2.21. The molecule has 0 aromatic carbocycles. The van der Waals surface area contributed by atoms with E-state index in [1.807, 2.05) is 20.8 Å². The molecule has 16 heavy (non-hydrogen) atoms. The molecule has 1 N–H and O–H groups in total. The van der Waals surface area contributed by atoms with Crippen molar-refractivity contribution in [3.8, 4) is 0 Å². The topological polar surface area (TPSA) is 63.2 Å². The summed E-state index contributed by atoms with van der Waals surface area (Å²) in [6, 6.07) is -0.454. The van der Waals surface area contributed by atoms with E-state index in [-0.39, 0.29) is 17.4 Å². The number of hydrogen-bond acceptors (Lipinski definition) is 3. The lowest BCUT2D eigenvalue weighted by Gasteiger charge is -2.24. The SMILES string of the molecule is CCC(C)(C)C(=O)NC1CS(=O)(=O)CC1Cl. The molecular weight excluding hydrogens is 250 g/mol. The largest absolute Gasteiger partial charge is 0.350 e. The van der Waals surface area contributed by atoms with E-state index >= 15 is 0 Å². The molecular formula is C10H18ClNO3S. The average Bonchev–Trinajstić information content (AvgIpc) is 2.39. The van der Waals surface area contributed by atoms with Gasteiger partial charge in [-0.3, -0.25) is 4.79 Å². The van der Waals surface area contributed by atoms with Crippen LogP contribution in [0.2, 0.25) is 0 Å². The Hall–Kier alpha value is -0.290. The molecule has 0 aromatic heterocycles. The second-order valence-electron chi connectivity index (χ2n) is 4.91. The summed E-state index contributed by atoms with van der Waals surface area (Å²) in [5.41, 5.74) is -0.483. The van der Waals surface area contributed by atoms with Crippen LogP contribution in [0.5, 0.6) is 0 Å². The molecule has 1 aliphatic rings. The van der Waals surface area contributed by atoms with Gasteiger partial charge in [0.2, 0.25) is 5.91 Å². The van der Waals surface area contributed by atoms with E-state index in [9.17, 15) is 13.2 Å². The van der Waals surface area contributed by atoms with Crippen molar-refractivity contribution in [3.05, 3.63) is 0 Å². The van der Waals surface area contributed by atoms with Gasteiger partial charge in [0.1, 0.15) is 0 Å². The van der Waals surface area contributed by atoms with Gasteiger partial charge in [0.05, 0.1) is 22.9 Å². The van der Waals surface area contributed by atoms with Gasteiger partial charge < -0.3 is 5.32 Å². The summed E-state index contributed by atoms with van der Waals surface area (Å²) in [7, 11) is -3.09. The average molecular weight is 268 g/mol. The van der Waals surface area contributed by atoms with Crippen molar-refractivity contribution in [1.29, 1.82) is 0 Å². The zero-order valence-electron chi connectivity index (χ0n) is 9.79. The molecule has 1 fully saturated rings. The van der Waals surface area contributed by atoms with Crippen LogP contribution in [-0.4, -0.2) is 37.2 Å². The van der Waals surface area contributed by atoms with E-state index < -0.39 is 26.7 Å². The molecule has 0 radical (unpaired) electrons. The number of alkyl halides is 1. The second-order valence-corrected chi connectivity index (χ2v) is 7.62. The van der Waals surface area contributed by atoms with E-state index in [1.165, 1.54) is 0 Å². The van der Waals surface area contributed by atoms with Crippen molar-refractivity contribution in [1.82, 2.24) is 5.32 Å². The van der Waals surface area contributed by atoms with Gasteiger partial charge in [-0.1, -0.05) is 20.8 Å². The maximum atomic E-state index is 11.8. The third-order valence-electron chi connectivity index (χ3n) is 3.10. The zero-order valence-corrected chi connectivity index (χ0v) is 11.4. The number of halogens is 1. The monoisotopic (exact) mass is 267 g/mol. The van der Waals surface area contributed by atoms with Crippen LogP contribution in [-0.2, 0) is 14.6 Å². The number of carbonyl (C=O) groups is 1. The van der Waals surface area contributed by atoms with Gasteiger partial charge in [-0.2, -0.15) is 0 Å². The Morgan fingerprint density at radius 3 is 2.38 bits per heavy atom. The first-order valence-electron chi connectivity index (χ1n) is 5.33. The number of sulfone groups is 1. The number of carbonyl (C=O) groups excluding carboxylic acids is 1. The number of rotatable bonds is 3. The highest BCUT2D eigenvalue weighted by Gasteiger charge is 2.39. The smallest absolute Gasteiger partial charge is 0.225 e. The van der Waals surface area contributed by atoms with Crippen molar-refractivity contribution < 1.29 is 13.2 Å². The van der Waals surface area contributed by atoms with E-state index in [0.717, 1.165) is 0 Å². The van der Waals surface area contributed by atoms with Gasteiger partial charge in [-0.05, 0) is 6.42 Å². The van der Waals surface area contributed by atoms with Crippen LogP contribution < -0.4 is 5.32 Å². The molecule has 1 amide bonds. The third-order valence-corrected chi connectivity index (χ3v) is 5.47. The molecule has 1 rings (SSSR count). The first-order valence-corrected chi connectivity index (χ1v) is 7.59. The minimum Gasteiger partial charge on any atom is -0.350 e. The molecule has 4 nitrogen and oxygen atoms in total. The van der Waals surface area contributed by atoms with Gasteiger partial charge in [-0.25, -0.2) is 8.42 Å². The van der Waals surface area contributed by atoms with Crippen molar-refractivity contribution in [2.45, 2.75) is 38.6 Å². The fraction of sp³-hybridized carbons (Fsp3) is 0.900. The number of amides is 1. The van der Waals surface area contributed by atoms with Crippen molar-refractivity contribution in [2.75, 3.05) is 11.5 Å². The van der Waals surface area contributed by atoms with Gasteiger partial charge >= 0.3 is 0 Å². The Kier molecular flexibility index (Phi) is 3.90. The molecule has 0 bridgehead atoms. The van der Waals surface area contributed by atoms with E-state index in [2.05, 4.69) is 5.32 Å². The van der Waals surface area contributed by atoms with Crippen LogP contribution in [0.15, 0.2) is 0 Å². The van der Waals surface area contributed by atoms with Gasteiger partial charge in [-0.15, -0.1) is 11.6 Å². The van der Waals surface area contributed by atoms with Crippen LogP contribution in [0.3, 0.4) is 0 Å². The summed E-state index contributed by atoms with van der Waals surface area (Å²) in [6.45, 7) is 5.58. The summed E-state index contributed by atoms with van der Waals surface area (Å²) in [5.74, 6) is -0.235. The lowest BCUT2D eigenvalue weighted by molar-refractivity contribution is -0.130. The van der Waals surface area contributed by atoms with Crippen molar-refractivity contribution in [2.24, 2.45) is 5.41 Å². The minimum absolute atomic E-state index is 0.0489. The first kappa shape index (κ1) is 13.8. The summed E-state index contributed by atoms with van der Waals surface area (Å²) >= 11 is 5.91. The highest BCUT2D eigenvalue weighted by atomic mass is 35.5. The molecule has 0 saturated carbocycles. The lowest BCUT2D eigenvalue weighted by atomic mass is 9.89. The van der Waals surface area contributed by atoms with Crippen LogP contribution >= 0.6 is 11.6 Å². The Morgan fingerprint density at radius 1 is 1.44 bits per heavy atom. The molecule has 2 unspecified atom stereocenters. The number of nitrogens with one attached hydrogen (secondary N) is 1. The zero-order chi connectivity index (χ0) is 12.6. The van der Waals surface area contributed by atoms with Crippen molar-refractivity contribution in [3.63, 3.8) is 0 Å². The summed E-state index contributed by atoms with van der Waals surface area (Å²) < 4.78 is 22.6. The summed E-state index contributed by atoms with van der Waals surface area (Å²) in [4.78, 5) is 11.8. The molecule has 94 valence electrons. The fourth-order valence-electron chi connectivity index (χ4n) is 1.46. The molecule has 1 saturated heterocycles. The minimum atomic E-state index is -3.09. The summed E-state index contributed by atoms with van der Waals surface area (Å²) in [6.07, 6.45) is 0.700. The maximum absolute atomic E-state index is 11.8. The molecule has 6 heteroatoms. The Bertz CT molecular complexity index is 378. The third kappa shape index (κ3) is 3.10. The van der Waals surface area contributed by atoms with Crippen LogP contribution in [0.25, 0.3) is 0 Å². The fourth-order valence-corrected chi connectivity index (χ4v) is 4.01. The molecule has 0 spiro atoms. The van der Waals surface area contributed by atoms with Crippen LogP contribution in [0, 0.1) is 5.41 Å². The molecule has 0 aromatic rings. The normalized spacial score (nSPS) is 29.0. The van der Waals surface area contributed by atoms with Gasteiger partial charge in [0, 0.05) is 5.41 Å². The molecule has 2 atom stereocenters. The predicted molar refractivity (Wildman–Crippen MR) is 64.3 cm³/mol. The Labute approximate surface area is 102 Å². The number of hydrogen-bond donors (Lipinski definition) is 1. The Morgan fingerprint density at radius 2 is 2.00 bits per heavy atom. The Balaban J connectivity index is 2.67. The standard InChI is InChI=1S/C10H18ClNO3S/c1-4-10(2,3)9(13)12-8-6-16(14,15)5-7(8)11/h7-8H,4-6H2,1-3H3,(H,12,13). The van der Waals surface area contributed by atoms with Crippen LogP contribution in [0.1, 0.15) is 27.2 Å². The lowest BCUT2D eigenvalue weighted by Crippen LogP contribution is -2.46. The van der Waals surface area contributed by atoms with Crippen molar-refractivity contribution >= 4 is 27.3 Å². The van der Waals surface area contributed by atoms with E-state index in [4.69, 9.17) is 11.6 Å². The first-order chi connectivity index (χ1) is 7.18. The molecule has 1 aliphatic heterocycles. The maximum Gasteiger partial charge on any atom is 0.225 e. The second kappa shape index (κ2) is 4.53. The van der Waals surface area contributed by atoms with E-state index in [1.54, 1.807) is 0 Å². The predicted octanol–water partition coefficient (Wildman–Crippen LogP) is 0.943. The molecule has 0 aliphatic carbocycles. The van der Waals surface area contributed by atoms with Gasteiger partial charge in [0.25, 0.3) is 0 Å². The quantitative estimate of drug-likeness (QED) is 0.774.